The molecule has 1 spiro atoms. The van der Waals surface area contributed by atoms with Gasteiger partial charge in [-0.3, -0.25) is 0 Å². The van der Waals surface area contributed by atoms with Crippen molar-refractivity contribution in [2.24, 2.45) is 5.92 Å². The molecule has 4 heteroatoms. The second kappa shape index (κ2) is 6.57. The monoisotopic (exact) mass is 372 g/mol. The average molecular weight is 374 g/mol. The van der Waals surface area contributed by atoms with Gasteiger partial charge in [-0.05, 0) is 53.6 Å². The van der Waals surface area contributed by atoms with Gasteiger partial charge in [0.15, 0.2) is 0 Å². The second-order valence-electron chi connectivity index (χ2n) is 6.43. The fraction of sp³-hybridized carbons (Fsp3) is 0.647. The molecule has 1 aliphatic heterocycles. The summed E-state index contributed by atoms with van der Waals surface area (Å²) in [6.45, 7) is 0.757. The van der Waals surface area contributed by atoms with Gasteiger partial charge in [0.05, 0.1) is 16.7 Å². The highest BCUT2D eigenvalue weighted by atomic mass is 79.9. The third-order valence-electron chi connectivity index (χ3n) is 5.04. The zero-order valence-corrected chi connectivity index (χ0v) is 14.5. The predicted octanol–water partition coefficient (Wildman–Crippen LogP) is 5.27. The minimum Gasteiger partial charge on any atom is -0.388 e. The second-order valence-corrected chi connectivity index (χ2v) is 7.67. The summed E-state index contributed by atoms with van der Waals surface area (Å²) in [5, 5.41) is 11.4. The van der Waals surface area contributed by atoms with E-state index < -0.39 is 6.10 Å². The van der Waals surface area contributed by atoms with Crippen molar-refractivity contribution in [1.82, 2.24) is 0 Å². The highest BCUT2D eigenvalue weighted by molar-refractivity contribution is 9.10. The van der Waals surface area contributed by atoms with E-state index >= 15 is 0 Å². The van der Waals surface area contributed by atoms with E-state index in [2.05, 4.69) is 15.9 Å². The number of halogens is 2. The lowest BCUT2D eigenvalue weighted by atomic mass is 9.74. The van der Waals surface area contributed by atoms with Crippen LogP contribution in [0.4, 0.5) is 0 Å². The molecule has 0 radical (unpaired) electrons. The number of benzene rings is 1. The number of rotatable bonds is 2. The maximum atomic E-state index is 10.8. The summed E-state index contributed by atoms with van der Waals surface area (Å²) in [7, 11) is 0. The van der Waals surface area contributed by atoms with Crippen LogP contribution in [0.25, 0.3) is 0 Å². The SMILES string of the molecule is OC(c1cccc(Br)c1Cl)C1CCOC2(CCCCC2)C1. The minimum atomic E-state index is -0.502. The highest BCUT2D eigenvalue weighted by Gasteiger charge is 2.41. The third-order valence-corrected chi connectivity index (χ3v) is 6.35. The van der Waals surface area contributed by atoms with Crippen LogP contribution < -0.4 is 0 Å². The van der Waals surface area contributed by atoms with Crippen molar-refractivity contribution in [1.29, 1.82) is 0 Å². The fourth-order valence-corrected chi connectivity index (χ4v) is 4.50. The Morgan fingerprint density at radius 1 is 1.29 bits per heavy atom. The van der Waals surface area contributed by atoms with E-state index in [1.165, 1.54) is 19.3 Å². The van der Waals surface area contributed by atoms with Gasteiger partial charge in [-0.2, -0.15) is 0 Å². The first-order valence-corrected chi connectivity index (χ1v) is 9.04. The van der Waals surface area contributed by atoms with E-state index in [1.54, 1.807) is 0 Å². The minimum absolute atomic E-state index is 0.0145. The van der Waals surface area contributed by atoms with Gasteiger partial charge in [0.2, 0.25) is 0 Å². The molecule has 0 bridgehead atoms. The van der Waals surface area contributed by atoms with E-state index in [1.807, 2.05) is 18.2 Å². The van der Waals surface area contributed by atoms with Gasteiger partial charge in [0.25, 0.3) is 0 Å². The summed E-state index contributed by atoms with van der Waals surface area (Å²) in [5.74, 6) is 0.239. The molecule has 1 saturated carbocycles. The van der Waals surface area contributed by atoms with Crippen molar-refractivity contribution in [3.8, 4) is 0 Å². The van der Waals surface area contributed by atoms with Gasteiger partial charge in [0, 0.05) is 16.6 Å². The van der Waals surface area contributed by atoms with Crippen molar-refractivity contribution in [2.45, 2.75) is 56.7 Å². The zero-order chi connectivity index (χ0) is 14.9. The van der Waals surface area contributed by atoms with Crippen LogP contribution in [0.5, 0.6) is 0 Å². The van der Waals surface area contributed by atoms with Gasteiger partial charge in [-0.25, -0.2) is 0 Å². The summed E-state index contributed by atoms with van der Waals surface area (Å²) in [6, 6.07) is 5.77. The maximum Gasteiger partial charge on any atom is 0.0834 e. The normalized spacial score (nSPS) is 26.7. The number of aliphatic hydroxyl groups excluding tert-OH is 1. The largest absolute Gasteiger partial charge is 0.388 e. The first kappa shape index (κ1) is 15.8. The van der Waals surface area contributed by atoms with E-state index in [9.17, 15) is 5.11 Å². The fourth-order valence-electron chi connectivity index (χ4n) is 3.88. The Morgan fingerprint density at radius 3 is 2.81 bits per heavy atom. The van der Waals surface area contributed by atoms with Crippen LogP contribution in [0.2, 0.25) is 5.02 Å². The zero-order valence-electron chi connectivity index (χ0n) is 12.2. The van der Waals surface area contributed by atoms with Crippen molar-refractivity contribution in [3.05, 3.63) is 33.3 Å². The number of hydrogen-bond donors (Lipinski definition) is 1. The molecule has 1 aliphatic carbocycles. The summed E-state index contributed by atoms with van der Waals surface area (Å²) in [4.78, 5) is 0. The first-order valence-electron chi connectivity index (χ1n) is 7.87. The molecule has 2 nitrogen and oxygen atoms in total. The molecule has 2 unspecified atom stereocenters. The van der Waals surface area contributed by atoms with Gasteiger partial charge in [-0.1, -0.05) is 43.0 Å². The van der Waals surface area contributed by atoms with Gasteiger partial charge < -0.3 is 9.84 Å². The van der Waals surface area contributed by atoms with E-state index in [0.717, 1.165) is 42.3 Å². The summed E-state index contributed by atoms with van der Waals surface area (Å²) in [6.07, 6.45) is 7.46. The Hall–Kier alpha value is -0.0900. The summed E-state index contributed by atoms with van der Waals surface area (Å²) >= 11 is 9.79. The Bertz CT molecular complexity index is 494. The van der Waals surface area contributed by atoms with Crippen LogP contribution in [0.3, 0.4) is 0 Å². The van der Waals surface area contributed by atoms with Gasteiger partial charge >= 0.3 is 0 Å². The summed E-state index contributed by atoms with van der Waals surface area (Å²) in [5.41, 5.74) is 0.851. The number of ether oxygens (including phenoxy) is 1. The van der Waals surface area contributed by atoms with Crippen LogP contribution in [-0.2, 0) is 4.74 Å². The van der Waals surface area contributed by atoms with Crippen LogP contribution in [0, 0.1) is 5.92 Å². The molecule has 21 heavy (non-hydrogen) atoms. The average Bonchev–Trinajstić information content (AvgIpc) is 2.50. The van der Waals surface area contributed by atoms with E-state index in [4.69, 9.17) is 16.3 Å². The lowest BCUT2D eigenvalue weighted by Crippen LogP contribution is -2.42. The lowest BCUT2D eigenvalue weighted by molar-refractivity contribution is -0.134. The van der Waals surface area contributed by atoms with Crippen LogP contribution in [0.15, 0.2) is 22.7 Å². The Balaban J connectivity index is 1.78. The lowest BCUT2D eigenvalue weighted by Gasteiger charge is -2.44. The van der Waals surface area contributed by atoms with Gasteiger partial charge in [0.1, 0.15) is 0 Å². The van der Waals surface area contributed by atoms with Crippen molar-refractivity contribution in [3.63, 3.8) is 0 Å². The van der Waals surface area contributed by atoms with Crippen LogP contribution in [0.1, 0.15) is 56.6 Å². The van der Waals surface area contributed by atoms with Gasteiger partial charge in [-0.15, -0.1) is 0 Å². The maximum absolute atomic E-state index is 10.8. The Morgan fingerprint density at radius 2 is 2.05 bits per heavy atom. The highest BCUT2D eigenvalue weighted by Crippen LogP contribution is 2.45. The Kier molecular flexibility index (Phi) is 4.94. The number of aliphatic hydroxyl groups is 1. The molecule has 1 heterocycles. The molecule has 1 aromatic carbocycles. The van der Waals surface area contributed by atoms with Crippen LogP contribution in [-0.4, -0.2) is 17.3 Å². The molecule has 2 aliphatic rings. The van der Waals surface area contributed by atoms with E-state index in [-0.39, 0.29) is 11.5 Å². The molecule has 1 aromatic rings. The molecule has 2 atom stereocenters. The Labute approximate surface area is 140 Å². The molecule has 0 amide bonds. The molecule has 2 fully saturated rings. The van der Waals surface area contributed by atoms with Crippen LogP contribution >= 0.6 is 27.5 Å². The van der Waals surface area contributed by atoms with E-state index in [0.29, 0.717) is 5.02 Å². The predicted molar refractivity (Wildman–Crippen MR) is 88.6 cm³/mol. The van der Waals surface area contributed by atoms with Crippen molar-refractivity contribution < 1.29 is 9.84 Å². The first-order chi connectivity index (χ1) is 10.1. The van der Waals surface area contributed by atoms with Crippen molar-refractivity contribution >= 4 is 27.5 Å². The molecular formula is C17H22BrClO2. The van der Waals surface area contributed by atoms with Crippen molar-refractivity contribution in [2.75, 3.05) is 6.61 Å². The third kappa shape index (κ3) is 3.31. The molecule has 1 N–H and O–H groups in total. The molecule has 1 saturated heterocycles. The quantitative estimate of drug-likeness (QED) is 0.765. The topological polar surface area (TPSA) is 29.5 Å². The molecule has 116 valence electrons. The smallest absolute Gasteiger partial charge is 0.0834 e. The summed E-state index contributed by atoms with van der Waals surface area (Å²) < 4.78 is 6.97. The standard InChI is InChI=1S/C17H22BrClO2/c18-14-6-4-5-13(15(14)19)16(20)12-7-10-21-17(11-12)8-2-1-3-9-17/h4-6,12,16,20H,1-3,7-11H2. The molecule has 3 rings (SSSR count). The number of hydrogen-bond acceptors (Lipinski definition) is 2. The molecular weight excluding hydrogens is 352 g/mol. The molecule has 0 aromatic heterocycles.